The maximum absolute atomic E-state index is 12.3. The third-order valence-corrected chi connectivity index (χ3v) is 4.62. The number of phenols is 1. The summed E-state index contributed by atoms with van der Waals surface area (Å²) < 4.78 is 5.24. The van der Waals surface area contributed by atoms with Crippen LogP contribution in [0.1, 0.15) is 48.7 Å². The first-order valence-electron chi connectivity index (χ1n) is 10.8. The molecule has 2 aromatic carbocycles. The van der Waals surface area contributed by atoms with Crippen molar-refractivity contribution in [3.8, 4) is 24.3 Å². The van der Waals surface area contributed by atoms with Crippen LogP contribution in [0.2, 0.25) is 0 Å². The summed E-state index contributed by atoms with van der Waals surface area (Å²) in [6.45, 7) is 14.0. The molecule has 1 atom stereocenters. The topological polar surface area (TPSA) is 74.2 Å². The van der Waals surface area contributed by atoms with Gasteiger partial charge < -0.3 is 20.1 Å². The molecular formula is C28H37N3O3. The molecule has 0 saturated heterocycles. The Morgan fingerprint density at radius 1 is 1.18 bits per heavy atom. The number of hydrogen-bond acceptors (Lipinski definition) is 4. The van der Waals surface area contributed by atoms with Gasteiger partial charge >= 0.3 is 0 Å². The first-order valence-corrected chi connectivity index (χ1v) is 10.8. The molecule has 0 heterocycles. The molecule has 0 aliphatic carbocycles. The SMILES string of the molecule is C#C.C=C.C=C(C)CC(=NC(CC)c1ccc(OC)cc1)Nc1cccc(C(=O)N(C)C)c1O. The molecule has 0 bridgehead atoms. The monoisotopic (exact) mass is 463 g/mol. The molecule has 2 aromatic rings. The molecule has 2 rings (SSSR count). The van der Waals surface area contributed by atoms with Crippen molar-refractivity contribution in [2.24, 2.45) is 4.99 Å². The van der Waals surface area contributed by atoms with E-state index in [0.717, 1.165) is 23.3 Å². The number of rotatable bonds is 8. The van der Waals surface area contributed by atoms with E-state index in [1.54, 1.807) is 39.4 Å². The number of methoxy groups -OCH3 is 1. The van der Waals surface area contributed by atoms with Gasteiger partial charge in [-0.1, -0.05) is 37.3 Å². The second-order valence-corrected chi connectivity index (χ2v) is 7.43. The van der Waals surface area contributed by atoms with Crippen LogP contribution in [-0.4, -0.2) is 43.0 Å². The molecule has 1 amide bonds. The van der Waals surface area contributed by atoms with Gasteiger partial charge in [-0.05, 0) is 43.2 Å². The van der Waals surface area contributed by atoms with E-state index in [1.807, 2.05) is 31.2 Å². The second-order valence-electron chi connectivity index (χ2n) is 7.43. The van der Waals surface area contributed by atoms with E-state index >= 15 is 0 Å². The number of para-hydroxylation sites is 1. The normalized spacial score (nSPS) is 11.0. The highest BCUT2D eigenvalue weighted by Crippen LogP contribution is 2.30. The van der Waals surface area contributed by atoms with Crippen molar-refractivity contribution in [1.29, 1.82) is 0 Å². The van der Waals surface area contributed by atoms with Crippen LogP contribution in [-0.2, 0) is 0 Å². The first-order chi connectivity index (χ1) is 16.3. The van der Waals surface area contributed by atoms with E-state index in [2.05, 4.69) is 44.8 Å². The Balaban J connectivity index is 0.00000258. The van der Waals surface area contributed by atoms with Crippen molar-refractivity contribution < 1.29 is 14.6 Å². The summed E-state index contributed by atoms with van der Waals surface area (Å²) >= 11 is 0. The summed E-state index contributed by atoms with van der Waals surface area (Å²) in [5, 5.41) is 13.9. The molecule has 0 saturated carbocycles. The zero-order chi connectivity index (χ0) is 26.3. The number of aromatic hydroxyl groups is 1. The Labute approximate surface area is 204 Å². The number of phenolic OH excluding ortho intramolecular Hbond substituents is 1. The molecule has 6 heteroatoms. The molecule has 0 radical (unpaired) electrons. The Hall–Kier alpha value is -3.98. The average Bonchev–Trinajstić information content (AvgIpc) is 2.85. The maximum Gasteiger partial charge on any atom is 0.257 e. The second kappa shape index (κ2) is 15.8. The summed E-state index contributed by atoms with van der Waals surface area (Å²) in [5.41, 5.74) is 2.68. The summed E-state index contributed by atoms with van der Waals surface area (Å²) in [5.74, 6) is 1.11. The van der Waals surface area contributed by atoms with E-state index in [0.29, 0.717) is 17.9 Å². The Morgan fingerprint density at radius 2 is 1.76 bits per heavy atom. The van der Waals surface area contributed by atoms with Crippen LogP contribution in [0.3, 0.4) is 0 Å². The van der Waals surface area contributed by atoms with Crippen LogP contribution in [0.25, 0.3) is 0 Å². The van der Waals surface area contributed by atoms with Gasteiger partial charge in [0.1, 0.15) is 11.6 Å². The molecule has 0 aromatic heterocycles. The van der Waals surface area contributed by atoms with Crippen molar-refractivity contribution in [3.63, 3.8) is 0 Å². The van der Waals surface area contributed by atoms with E-state index in [4.69, 9.17) is 9.73 Å². The lowest BCUT2D eigenvalue weighted by molar-refractivity contribution is 0.0824. The lowest BCUT2D eigenvalue weighted by atomic mass is 10.0. The largest absolute Gasteiger partial charge is 0.505 e. The number of ether oxygens (including phenoxy) is 1. The number of nitrogens with zero attached hydrogens (tertiary/aromatic N) is 2. The number of hydrogen-bond donors (Lipinski definition) is 2. The molecule has 0 aliphatic rings. The van der Waals surface area contributed by atoms with Crippen LogP contribution >= 0.6 is 0 Å². The van der Waals surface area contributed by atoms with Crippen LogP contribution in [0.5, 0.6) is 11.5 Å². The van der Waals surface area contributed by atoms with E-state index < -0.39 is 0 Å². The van der Waals surface area contributed by atoms with Crippen molar-refractivity contribution in [2.45, 2.75) is 32.7 Å². The number of amidine groups is 1. The van der Waals surface area contributed by atoms with Gasteiger partial charge in [0.25, 0.3) is 5.91 Å². The van der Waals surface area contributed by atoms with Crippen molar-refractivity contribution in [1.82, 2.24) is 4.90 Å². The number of terminal acetylenes is 1. The van der Waals surface area contributed by atoms with Gasteiger partial charge in [0.2, 0.25) is 0 Å². The Bertz CT molecular complexity index is 976. The zero-order valence-corrected chi connectivity index (χ0v) is 21.0. The molecule has 1 unspecified atom stereocenters. The molecule has 182 valence electrons. The number of amides is 1. The van der Waals surface area contributed by atoms with E-state index in [1.165, 1.54) is 4.90 Å². The first kappa shape index (κ1) is 30.0. The van der Waals surface area contributed by atoms with Crippen LogP contribution in [0, 0.1) is 12.8 Å². The van der Waals surface area contributed by atoms with Crippen LogP contribution in [0.4, 0.5) is 5.69 Å². The fraction of sp³-hybridized carbons (Fsp3) is 0.286. The molecular weight excluding hydrogens is 426 g/mol. The van der Waals surface area contributed by atoms with Gasteiger partial charge in [0.15, 0.2) is 5.75 Å². The highest BCUT2D eigenvalue weighted by Gasteiger charge is 2.17. The highest BCUT2D eigenvalue weighted by molar-refractivity contribution is 6.02. The lowest BCUT2D eigenvalue weighted by Crippen LogP contribution is -2.22. The number of benzene rings is 2. The number of carbonyl (C=O) groups excluding carboxylic acids is 1. The van der Waals surface area contributed by atoms with Gasteiger partial charge in [0, 0.05) is 20.5 Å². The smallest absolute Gasteiger partial charge is 0.257 e. The van der Waals surface area contributed by atoms with E-state index in [-0.39, 0.29) is 23.3 Å². The van der Waals surface area contributed by atoms with Gasteiger partial charge in [0.05, 0.1) is 24.4 Å². The van der Waals surface area contributed by atoms with Crippen molar-refractivity contribution >= 4 is 17.4 Å². The molecule has 34 heavy (non-hydrogen) atoms. The fourth-order valence-corrected chi connectivity index (χ4v) is 3.04. The van der Waals surface area contributed by atoms with E-state index in [9.17, 15) is 9.90 Å². The summed E-state index contributed by atoms with van der Waals surface area (Å²) in [6, 6.07) is 12.8. The van der Waals surface area contributed by atoms with Gasteiger partial charge in [-0.15, -0.1) is 26.0 Å². The predicted octanol–water partition coefficient (Wildman–Crippen LogP) is 6.08. The Kier molecular flexibility index (Phi) is 13.9. The lowest BCUT2D eigenvalue weighted by Gasteiger charge is -2.18. The zero-order valence-electron chi connectivity index (χ0n) is 21.0. The third-order valence-electron chi connectivity index (χ3n) is 4.62. The molecule has 2 N–H and O–H groups in total. The van der Waals surface area contributed by atoms with Crippen LogP contribution < -0.4 is 10.1 Å². The quantitative estimate of drug-likeness (QED) is 0.164. The summed E-state index contributed by atoms with van der Waals surface area (Å²) in [7, 11) is 4.94. The van der Waals surface area contributed by atoms with Crippen LogP contribution in [0.15, 0.2) is 72.8 Å². The molecule has 0 spiro atoms. The highest BCUT2D eigenvalue weighted by atomic mass is 16.5. The fourth-order valence-electron chi connectivity index (χ4n) is 3.04. The molecule has 0 fully saturated rings. The number of nitrogens with one attached hydrogen (secondary N) is 1. The minimum absolute atomic E-state index is 0.0634. The van der Waals surface area contributed by atoms with Crippen molar-refractivity contribution in [2.75, 3.05) is 26.5 Å². The number of carbonyl (C=O) groups is 1. The standard InChI is InChI=1S/C24H31N3O3.C2H4.C2H2/c1-7-20(17-11-13-18(30-6)14-12-17)25-22(15-16(2)3)26-21-10-8-9-19(23(21)28)24(29)27(4)5;2*1-2/h8-14,20,28H,2,7,15H2,1,3-6H3,(H,25,26);1-2H2;1-2H. The predicted molar refractivity (Wildman–Crippen MR) is 144 cm³/mol. The summed E-state index contributed by atoms with van der Waals surface area (Å²) in [6.07, 6.45) is 9.33. The molecule has 6 nitrogen and oxygen atoms in total. The third kappa shape index (κ3) is 8.87. The van der Waals surface area contributed by atoms with Gasteiger partial charge in [-0.25, -0.2) is 0 Å². The van der Waals surface area contributed by atoms with Gasteiger partial charge in [-0.3, -0.25) is 9.79 Å². The average molecular weight is 464 g/mol. The minimum Gasteiger partial charge on any atom is -0.505 e. The maximum atomic E-state index is 12.3. The van der Waals surface area contributed by atoms with Crippen molar-refractivity contribution in [3.05, 3.63) is 78.9 Å². The minimum atomic E-state index is -0.265. The van der Waals surface area contributed by atoms with Gasteiger partial charge in [-0.2, -0.15) is 0 Å². The number of anilines is 1. The summed E-state index contributed by atoms with van der Waals surface area (Å²) in [4.78, 5) is 18.7. The number of aliphatic imine (C=N–C) groups is 1. The Morgan fingerprint density at radius 3 is 2.24 bits per heavy atom. The molecule has 0 aliphatic heterocycles.